The molecule has 4 heteroatoms. The molecule has 3 N–H and O–H groups in total. The van der Waals surface area contributed by atoms with Crippen LogP contribution in [0.2, 0.25) is 0 Å². The molecule has 1 aromatic carbocycles. The summed E-state index contributed by atoms with van der Waals surface area (Å²) < 4.78 is 36.6. The Kier molecular flexibility index (Phi) is 2.38. The summed E-state index contributed by atoms with van der Waals surface area (Å²) in [6.45, 7) is 0.162. The quantitative estimate of drug-likeness (QED) is 0.670. The lowest BCUT2D eigenvalue weighted by atomic mass is 10.1. The van der Waals surface area contributed by atoms with Crippen molar-refractivity contribution in [3.63, 3.8) is 0 Å². The van der Waals surface area contributed by atoms with Crippen LogP contribution in [0.5, 0.6) is 0 Å². The Hall–Kier alpha value is -1.03. The second-order valence-corrected chi connectivity index (χ2v) is 2.40. The minimum absolute atomic E-state index is 0.162. The standard InChI is InChI=1S/C8H8F3N/c9-8(10,11)7-4-2-1-3-6(7)5-12/h1-4H,5,12H2/p+1. The van der Waals surface area contributed by atoms with Gasteiger partial charge in [0.2, 0.25) is 0 Å². The van der Waals surface area contributed by atoms with E-state index in [1.54, 1.807) is 6.07 Å². The number of halogens is 3. The van der Waals surface area contributed by atoms with Crippen LogP contribution in [-0.4, -0.2) is 0 Å². The molecule has 0 aliphatic rings. The van der Waals surface area contributed by atoms with Crippen molar-refractivity contribution in [2.75, 3.05) is 0 Å². The van der Waals surface area contributed by atoms with Gasteiger partial charge in [-0.15, -0.1) is 0 Å². The van der Waals surface area contributed by atoms with Gasteiger partial charge in [0.15, 0.2) is 0 Å². The SMILES string of the molecule is [NH3+]Cc1ccccc1C(F)(F)F. The van der Waals surface area contributed by atoms with Gasteiger partial charge in [0.25, 0.3) is 0 Å². The zero-order chi connectivity index (χ0) is 9.19. The maximum atomic E-state index is 12.2. The molecule has 0 bridgehead atoms. The fraction of sp³-hybridized carbons (Fsp3) is 0.250. The minimum atomic E-state index is -4.26. The van der Waals surface area contributed by atoms with Crippen molar-refractivity contribution in [3.05, 3.63) is 35.4 Å². The average molecular weight is 176 g/mol. The highest BCUT2D eigenvalue weighted by molar-refractivity contribution is 5.28. The van der Waals surface area contributed by atoms with E-state index >= 15 is 0 Å². The molecule has 66 valence electrons. The van der Waals surface area contributed by atoms with Gasteiger partial charge >= 0.3 is 6.18 Å². The number of hydrogen-bond donors (Lipinski definition) is 1. The maximum Gasteiger partial charge on any atom is 0.416 e. The Morgan fingerprint density at radius 3 is 2.17 bits per heavy atom. The van der Waals surface area contributed by atoms with Gasteiger partial charge in [0.05, 0.1) is 5.56 Å². The summed E-state index contributed by atoms with van der Waals surface area (Å²) in [5.41, 5.74) is 3.09. The van der Waals surface area contributed by atoms with Crippen LogP contribution >= 0.6 is 0 Å². The van der Waals surface area contributed by atoms with Crippen LogP contribution in [0.15, 0.2) is 24.3 Å². The van der Waals surface area contributed by atoms with E-state index in [1.807, 2.05) is 0 Å². The van der Waals surface area contributed by atoms with Gasteiger partial charge in [-0.05, 0) is 6.07 Å². The van der Waals surface area contributed by atoms with E-state index in [0.717, 1.165) is 6.07 Å². The van der Waals surface area contributed by atoms with Crippen molar-refractivity contribution >= 4 is 0 Å². The Morgan fingerprint density at radius 2 is 1.75 bits per heavy atom. The van der Waals surface area contributed by atoms with E-state index in [0.29, 0.717) is 0 Å². The molecule has 0 unspecified atom stereocenters. The van der Waals surface area contributed by atoms with Crippen molar-refractivity contribution in [2.24, 2.45) is 0 Å². The first-order valence-corrected chi connectivity index (χ1v) is 3.50. The molecule has 0 saturated carbocycles. The second kappa shape index (κ2) is 3.15. The minimum Gasteiger partial charge on any atom is -0.354 e. The Labute approximate surface area is 68.0 Å². The predicted molar refractivity (Wildman–Crippen MR) is 38.0 cm³/mol. The molecule has 12 heavy (non-hydrogen) atoms. The van der Waals surface area contributed by atoms with Crippen LogP contribution in [0.25, 0.3) is 0 Å². The fourth-order valence-electron chi connectivity index (χ4n) is 1.01. The largest absolute Gasteiger partial charge is 0.416 e. The van der Waals surface area contributed by atoms with Crippen molar-refractivity contribution < 1.29 is 18.9 Å². The predicted octanol–water partition coefficient (Wildman–Crippen LogP) is 1.45. The molecule has 0 spiro atoms. The van der Waals surface area contributed by atoms with Crippen LogP contribution in [0, 0.1) is 0 Å². The molecule has 1 rings (SSSR count). The van der Waals surface area contributed by atoms with E-state index in [2.05, 4.69) is 5.73 Å². The Bertz CT molecular complexity index is 267. The molecular formula is C8H9F3N+. The van der Waals surface area contributed by atoms with Crippen molar-refractivity contribution in [1.82, 2.24) is 0 Å². The highest BCUT2D eigenvalue weighted by Gasteiger charge is 2.32. The normalized spacial score (nSPS) is 11.7. The first-order valence-electron chi connectivity index (χ1n) is 3.50. The molecule has 0 fully saturated rings. The van der Waals surface area contributed by atoms with Crippen LogP contribution < -0.4 is 5.73 Å². The van der Waals surface area contributed by atoms with Crippen LogP contribution in [0.1, 0.15) is 11.1 Å². The third-order valence-corrected chi connectivity index (χ3v) is 1.59. The van der Waals surface area contributed by atoms with Gasteiger partial charge in [-0.2, -0.15) is 13.2 Å². The molecule has 0 amide bonds. The third kappa shape index (κ3) is 1.76. The van der Waals surface area contributed by atoms with E-state index in [-0.39, 0.29) is 12.1 Å². The van der Waals surface area contributed by atoms with Gasteiger partial charge < -0.3 is 5.73 Å². The van der Waals surface area contributed by atoms with E-state index in [1.165, 1.54) is 12.1 Å². The lowest BCUT2D eigenvalue weighted by molar-refractivity contribution is -0.387. The zero-order valence-electron chi connectivity index (χ0n) is 6.36. The third-order valence-electron chi connectivity index (χ3n) is 1.59. The Morgan fingerprint density at radius 1 is 1.17 bits per heavy atom. The molecular weight excluding hydrogens is 167 g/mol. The van der Waals surface area contributed by atoms with Crippen molar-refractivity contribution in [3.8, 4) is 0 Å². The van der Waals surface area contributed by atoms with Gasteiger partial charge in [0, 0.05) is 5.56 Å². The molecule has 0 atom stereocenters. The summed E-state index contributed by atoms with van der Waals surface area (Å²) in [5.74, 6) is 0. The molecule has 0 heterocycles. The summed E-state index contributed by atoms with van der Waals surface area (Å²) in [6.07, 6.45) is -4.26. The number of hydrogen-bond acceptors (Lipinski definition) is 0. The van der Waals surface area contributed by atoms with Gasteiger partial charge in [-0.3, -0.25) is 0 Å². The number of quaternary nitrogens is 1. The average Bonchev–Trinajstić information content (AvgIpc) is 2.03. The topological polar surface area (TPSA) is 27.6 Å². The van der Waals surface area contributed by atoms with Crippen molar-refractivity contribution in [2.45, 2.75) is 12.7 Å². The summed E-state index contributed by atoms with van der Waals surface area (Å²) in [7, 11) is 0. The molecule has 0 aromatic heterocycles. The van der Waals surface area contributed by atoms with Gasteiger partial charge in [0.1, 0.15) is 6.54 Å². The molecule has 0 radical (unpaired) electrons. The van der Waals surface area contributed by atoms with Crippen LogP contribution in [0.4, 0.5) is 13.2 Å². The molecule has 1 aromatic rings. The fourth-order valence-corrected chi connectivity index (χ4v) is 1.01. The lowest BCUT2D eigenvalue weighted by Gasteiger charge is -2.09. The first kappa shape index (κ1) is 9.06. The maximum absolute atomic E-state index is 12.2. The highest BCUT2D eigenvalue weighted by atomic mass is 19.4. The molecule has 0 saturated heterocycles. The molecule has 0 aliphatic carbocycles. The van der Waals surface area contributed by atoms with Crippen LogP contribution in [0.3, 0.4) is 0 Å². The van der Waals surface area contributed by atoms with E-state index in [4.69, 9.17) is 0 Å². The zero-order valence-corrected chi connectivity index (χ0v) is 6.36. The number of rotatable bonds is 1. The number of alkyl halides is 3. The second-order valence-electron chi connectivity index (χ2n) is 2.40. The van der Waals surface area contributed by atoms with Gasteiger partial charge in [-0.25, -0.2) is 0 Å². The highest BCUT2D eigenvalue weighted by Crippen LogP contribution is 2.31. The van der Waals surface area contributed by atoms with Crippen molar-refractivity contribution in [1.29, 1.82) is 0 Å². The summed E-state index contributed by atoms with van der Waals surface area (Å²) in [4.78, 5) is 0. The Balaban J connectivity index is 3.14. The summed E-state index contributed by atoms with van der Waals surface area (Å²) >= 11 is 0. The van der Waals surface area contributed by atoms with E-state index in [9.17, 15) is 13.2 Å². The molecule has 0 aliphatic heterocycles. The number of benzene rings is 1. The van der Waals surface area contributed by atoms with Gasteiger partial charge in [-0.1, -0.05) is 18.2 Å². The van der Waals surface area contributed by atoms with E-state index < -0.39 is 11.7 Å². The monoisotopic (exact) mass is 176 g/mol. The summed E-state index contributed by atoms with van der Waals surface area (Å²) in [5, 5.41) is 0. The molecule has 1 nitrogen and oxygen atoms in total. The van der Waals surface area contributed by atoms with Crippen LogP contribution in [-0.2, 0) is 12.7 Å². The lowest BCUT2D eigenvalue weighted by Crippen LogP contribution is -2.48. The first-order chi connectivity index (χ1) is 5.55. The smallest absolute Gasteiger partial charge is 0.354 e. The summed E-state index contributed by atoms with van der Waals surface area (Å²) in [6, 6.07) is 5.47.